The molecule has 1 aromatic rings. The van der Waals surface area contributed by atoms with Crippen LogP contribution in [-0.4, -0.2) is 11.1 Å². The number of hydrazine groups is 1. The smallest absolute Gasteiger partial charge is 0.140 e. The monoisotopic (exact) mass is 181 g/mol. The maximum absolute atomic E-state index is 5.40. The van der Waals surface area contributed by atoms with Crippen molar-refractivity contribution in [3.05, 3.63) is 23.9 Å². The number of hydrogen-bond donors (Lipinski definition) is 2. The van der Waals surface area contributed by atoms with E-state index in [1.54, 1.807) is 6.07 Å². The Bertz CT molecular complexity index is 263. The van der Waals surface area contributed by atoms with E-state index in [4.69, 9.17) is 10.6 Å². The molecule has 0 radical (unpaired) electrons. The summed E-state index contributed by atoms with van der Waals surface area (Å²) in [6.07, 6.45) is 0.219. The fourth-order valence-corrected chi connectivity index (χ4v) is 0.892. The Kier molecular flexibility index (Phi) is 3.67. The van der Waals surface area contributed by atoms with Crippen molar-refractivity contribution in [2.45, 2.75) is 26.6 Å². The van der Waals surface area contributed by atoms with Crippen LogP contribution in [0.2, 0.25) is 0 Å². The standard InChI is InChI=1S/C9H15N3O/c1-7(2)13-6-8-4-3-5-9(11-8)12-10/h3-5,7H,6,10H2,1-2H3,(H,11,12). The maximum Gasteiger partial charge on any atom is 0.140 e. The molecule has 3 N–H and O–H groups in total. The zero-order valence-electron chi connectivity index (χ0n) is 7.95. The van der Waals surface area contributed by atoms with Crippen LogP contribution >= 0.6 is 0 Å². The quantitative estimate of drug-likeness (QED) is 0.543. The van der Waals surface area contributed by atoms with Crippen LogP contribution in [0.4, 0.5) is 5.82 Å². The summed E-state index contributed by atoms with van der Waals surface area (Å²) in [5.41, 5.74) is 3.37. The molecule has 0 aliphatic heterocycles. The highest BCUT2D eigenvalue weighted by atomic mass is 16.5. The fraction of sp³-hybridized carbons (Fsp3) is 0.444. The van der Waals surface area contributed by atoms with E-state index in [1.807, 2.05) is 26.0 Å². The van der Waals surface area contributed by atoms with Gasteiger partial charge in [0.2, 0.25) is 0 Å². The molecule has 0 atom stereocenters. The zero-order chi connectivity index (χ0) is 9.68. The first-order chi connectivity index (χ1) is 6.22. The third-order valence-electron chi connectivity index (χ3n) is 1.52. The molecule has 0 unspecified atom stereocenters. The van der Waals surface area contributed by atoms with E-state index in [-0.39, 0.29) is 6.10 Å². The molecule has 72 valence electrons. The summed E-state index contributed by atoms with van der Waals surface area (Å²) in [4.78, 5) is 4.20. The summed E-state index contributed by atoms with van der Waals surface area (Å²) in [5.74, 6) is 5.88. The lowest BCUT2D eigenvalue weighted by Gasteiger charge is -2.07. The highest BCUT2D eigenvalue weighted by Crippen LogP contribution is 2.05. The van der Waals surface area contributed by atoms with Crippen molar-refractivity contribution in [2.24, 2.45) is 5.84 Å². The lowest BCUT2D eigenvalue weighted by molar-refractivity contribution is 0.0636. The molecule has 13 heavy (non-hydrogen) atoms. The second-order valence-corrected chi connectivity index (χ2v) is 3.02. The van der Waals surface area contributed by atoms with E-state index >= 15 is 0 Å². The van der Waals surface area contributed by atoms with Crippen LogP contribution in [0.25, 0.3) is 0 Å². The van der Waals surface area contributed by atoms with Crippen molar-refractivity contribution in [1.82, 2.24) is 4.98 Å². The van der Waals surface area contributed by atoms with Crippen molar-refractivity contribution in [3.8, 4) is 0 Å². The molecule has 1 rings (SSSR count). The van der Waals surface area contributed by atoms with Gasteiger partial charge in [0.15, 0.2) is 0 Å². The molecular weight excluding hydrogens is 166 g/mol. The minimum atomic E-state index is 0.219. The van der Waals surface area contributed by atoms with Gasteiger partial charge in [-0.05, 0) is 26.0 Å². The maximum atomic E-state index is 5.40. The van der Waals surface area contributed by atoms with Gasteiger partial charge in [0.1, 0.15) is 5.82 Å². The SMILES string of the molecule is CC(C)OCc1cccc(NN)n1. The number of pyridine rings is 1. The number of rotatable bonds is 4. The molecule has 0 saturated heterocycles. The molecule has 1 heterocycles. The number of nitrogens with two attached hydrogens (primary N) is 1. The van der Waals surface area contributed by atoms with Gasteiger partial charge in [0.05, 0.1) is 18.4 Å². The van der Waals surface area contributed by atoms with Crippen molar-refractivity contribution < 1.29 is 4.74 Å². The molecule has 0 saturated carbocycles. The van der Waals surface area contributed by atoms with Crippen molar-refractivity contribution >= 4 is 5.82 Å². The first-order valence-electron chi connectivity index (χ1n) is 4.26. The summed E-state index contributed by atoms with van der Waals surface area (Å²) >= 11 is 0. The molecule has 1 aromatic heterocycles. The van der Waals surface area contributed by atoms with E-state index < -0.39 is 0 Å². The molecule has 0 aromatic carbocycles. The van der Waals surface area contributed by atoms with Crippen LogP contribution in [0, 0.1) is 0 Å². The number of nitrogen functional groups attached to an aromatic ring is 1. The second-order valence-electron chi connectivity index (χ2n) is 3.02. The number of nitrogens with zero attached hydrogens (tertiary/aromatic N) is 1. The fourth-order valence-electron chi connectivity index (χ4n) is 0.892. The second kappa shape index (κ2) is 4.79. The van der Waals surface area contributed by atoms with Crippen LogP contribution in [0.1, 0.15) is 19.5 Å². The van der Waals surface area contributed by atoms with Crippen molar-refractivity contribution in [1.29, 1.82) is 0 Å². The van der Waals surface area contributed by atoms with Gasteiger partial charge in [-0.2, -0.15) is 0 Å². The summed E-state index contributed by atoms with van der Waals surface area (Å²) in [6.45, 7) is 4.50. The average molecular weight is 181 g/mol. The summed E-state index contributed by atoms with van der Waals surface area (Å²) in [6, 6.07) is 5.60. The Labute approximate surface area is 78.1 Å². The molecule has 0 aliphatic rings. The lowest BCUT2D eigenvalue weighted by atomic mass is 10.3. The van der Waals surface area contributed by atoms with Gasteiger partial charge in [-0.3, -0.25) is 0 Å². The van der Waals surface area contributed by atoms with Gasteiger partial charge in [-0.15, -0.1) is 0 Å². The highest BCUT2D eigenvalue weighted by molar-refractivity contribution is 5.33. The molecule has 4 heteroatoms. The van der Waals surface area contributed by atoms with E-state index in [9.17, 15) is 0 Å². The average Bonchev–Trinajstić information content (AvgIpc) is 2.15. The Morgan fingerprint density at radius 2 is 2.31 bits per heavy atom. The first kappa shape index (κ1) is 9.95. The van der Waals surface area contributed by atoms with Gasteiger partial charge in [0.25, 0.3) is 0 Å². The van der Waals surface area contributed by atoms with E-state index in [2.05, 4.69) is 10.4 Å². The number of anilines is 1. The normalized spacial score (nSPS) is 10.5. The summed E-state index contributed by atoms with van der Waals surface area (Å²) in [5, 5.41) is 0. The van der Waals surface area contributed by atoms with Crippen LogP contribution in [0.5, 0.6) is 0 Å². The highest BCUT2D eigenvalue weighted by Gasteiger charge is 1.98. The van der Waals surface area contributed by atoms with E-state index in [1.165, 1.54) is 0 Å². The number of aromatic nitrogens is 1. The van der Waals surface area contributed by atoms with E-state index in [0.717, 1.165) is 5.69 Å². The van der Waals surface area contributed by atoms with Gasteiger partial charge >= 0.3 is 0 Å². The van der Waals surface area contributed by atoms with Gasteiger partial charge in [-0.25, -0.2) is 10.8 Å². The summed E-state index contributed by atoms with van der Waals surface area (Å²) < 4.78 is 5.40. The first-order valence-corrected chi connectivity index (χ1v) is 4.26. The number of hydrogen-bond acceptors (Lipinski definition) is 4. The minimum Gasteiger partial charge on any atom is -0.373 e. The van der Waals surface area contributed by atoms with Crippen LogP contribution in [-0.2, 0) is 11.3 Å². The Morgan fingerprint density at radius 1 is 1.54 bits per heavy atom. The van der Waals surface area contributed by atoms with Gasteiger partial charge in [0, 0.05) is 0 Å². The third kappa shape index (κ3) is 3.40. The number of nitrogens with one attached hydrogen (secondary N) is 1. The molecule has 0 spiro atoms. The number of ether oxygens (including phenoxy) is 1. The minimum absolute atomic E-state index is 0.219. The van der Waals surface area contributed by atoms with Crippen LogP contribution in [0.15, 0.2) is 18.2 Å². The lowest BCUT2D eigenvalue weighted by Crippen LogP contribution is -2.10. The zero-order valence-corrected chi connectivity index (χ0v) is 7.95. The van der Waals surface area contributed by atoms with Crippen molar-refractivity contribution in [3.63, 3.8) is 0 Å². The molecule has 0 aliphatic carbocycles. The third-order valence-corrected chi connectivity index (χ3v) is 1.52. The van der Waals surface area contributed by atoms with Gasteiger partial charge in [-0.1, -0.05) is 6.07 Å². The predicted octanol–water partition coefficient (Wildman–Crippen LogP) is 1.29. The summed E-state index contributed by atoms with van der Waals surface area (Å²) in [7, 11) is 0. The van der Waals surface area contributed by atoms with Crippen molar-refractivity contribution in [2.75, 3.05) is 5.43 Å². The molecule has 4 nitrogen and oxygen atoms in total. The van der Waals surface area contributed by atoms with Crippen LogP contribution in [0.3, 0.4) is 0 Å². The Hall–Kier alpha value is -1.13. The Morgan fingerprint density at radius 3 is 2.92 bits per heavy atom. The largest absolute Gasteiger partial charge is 0.373 e. The topological polar surface area (TPSA) is 60.2 Å². The Balaban J connectivity index is 2.56. The van der Waals surface area contributed by atoms with Crippen LogP contribution < -0.4 is 11.3 Å². The molecule has 0 fully saturated rings. The predicted molar refractivity (Wildman–Crippen MR) is 52.0 cm³/mol. The molecule has 0 amide bonds. The van der Waals surface area contributed by atoms with E-state index in [0.29, 0.717) is 12.4 Å². The molecule has 0 bridgehead atoms. The molecular formula is C9H15N3O. The van der Waals surface area contributed by atoms with Gasteiger partial charge < -0.3 is 10.2 Å².